The molecule has 8 heteroatoms. The minimum Gasteiger partial charge on any atom is -0.480 e. The van der Waals surface area contributed by atoms with Gasteiger partial charge in [-0.2, -0.15) is 0 Å². The van der Waals surface area contributed by atoms with Crippen molar-refractivity contribution in [1.29, 1.82) is 0 Å². The number of likely N-dealkylation sites (tertiary alicyclic amines) is 1. The number of carbonyl (C=O) groups is 2. The molecule has 0 unspecified atom stereocenters. The lowest BCUT2D eigenvalue weighted by Crippen LogP contribution is -2.43. The first-order valence-electron chi connectivity index (χ1n) is 5.82. The number of benzene rings is 1. The maximum Gasteiger partial charge on any atom is 0.326 e. The number of aliphatic carboxylic acids is 1. The molecule has 6 nitrogen and oxygen atoms in total. The van der Waals surface area contributed by atoms with Crippen LogP contribution in [0.15, 0.2) is 22.7 Å². The number of hydrogen-bond acceptors (Lipinski definition) is 3. The molecular formula is C12H12BrFN2O4. The minimum absolute atomic E-state index is 0.0380. The van der Waals surface area contributed by atoms with Gasteiger partial charge in [0.25, 0.3) is 0 Å². The molecule has 20 heavy (non-hydrogen) atoms. The van der Waals surface area contributed by atoms with Crippen molar-refractivity contribution < 1.29 is 24.2 Å². The quantitative estimate of drug-likeness (QED) is 0.759. The zero-order chi connectivity index (χ0) is 14.9. The minimum atomic E-state index is -1.20. The predicted octanol–water partition coefficient (Wildman–Crippen LogP) is 1.64. The summed E-state index contributed by atoms with van der Waals surface area (Å²) < 4.78 is 14.1. The highest BCUT2D eigenvalue weighted by Crippen LogP contribution is 2.23. The lowest BCUT2D eigenvalue weighted by Gasteiger charge is -2.21. The lowest BCUT2D eigenvalue weighted by molar-refractivity contribution is -0.141. The largest absolute Gasteiger partial charge is 0.480 e. The van der Waals surface area contributed by atoms with Gasteiger partial charge in [-0.25, -0.2) is 14.0 Å². The highest BCUT2D eigenvalue weighted by molar-refractivity contribution is 9.10. The summed E-state index contributed by atoms with van der Waals surface area (Å²) >= 11 is 3.15. The highest BCUT2D eigenvalue weighted by atomic mass is 79.9. The highest BCUT2D eigenvalue weighted by Gasteiger charge is 2.39. The van der Waals surface area contributed by atoms with E-state index in [1.54, 1.807) is 0 Å². The third-order valence-electron chi connectivity index (χ3n) is 2.99. The van der Waals surface area contributed by atoms with Crippen LogP contribution >= 0.6 is 15.9 Å². The van der Waals surface area contributed by atoms with Crippen LogP contribution in [0, 0.1) is 5.82 Å². The van der Waals surface area contributed by atoms with Gasteiger partial charge in [0.15, 0.2) is 0 Å². The van der Waals surface area contributed by atoms with Crippen LogP contribution in [-0.4, -0.2) is 45.8 Å². The number of nitrogens with zero attached hydrogens (tertiary/aromatic N) is 1. The van der Waals surface area contributed by atoms with Gasteiger partial charge in [-0.3, -0.25) is 0 Å². The second-order valence-electron chi connectivity index (χ2n) is 4.45. The second kappa shape index (κ2) is 5.76. The fourth-order valence-electron chi connectivity index (χ4n) is 2.05. The van der Waals surface area contributed by atoms with E-state index in [2.05, 4.69) is 21.2 Å². The molecule has 3 N–H and O–H groups in total. The van der Waals surface area contributed by atoms with Crippen LogP contribution in [0.4, 0.5) is 14.9 Å². The van der Waals surface area contributed by atoms with Crippen LogP contribution in [-0.2, 0) is 4.79 Å². The Morgan fingerprint density at radius 1 is 1.45 bits per heavy atom. The fraction of sp³-hybridized carbons (Fsp3) is 0.333. The molecule has 108 valence electrons. The third-order valence-corrected chi connectivity index (χ3v) is 3.49. The number of hydrogen-bond donors (Lipinski definition) is 3. The first-order valence-corrected chi connectivity index (χ1v) is 6.61. The number of carboxylic acids is 1. The van der Waals surface area contributed by atoms with Gasteiger partial charge in [0.1, 0.15) is 11.9 Å². The van der Waals surface area contributed by atoms with E-state index in [4.69, 9.17) is 5.11 Å². The van der Waals surface area contributed by atoms with E-state index in [0.717, 1.165) is 4.90 Å². The summed E-state index contributed by atoms with van der Waals surface area (Å²) in [6.45, 7) is -0.0988. The Labute approximate surface area is 122 Å². The molecule has 1 heterocycles. The summed E-state index contributed by atoms with van der Waals surface area (Å²) in [5.74, 6) is -1.83. The molecule has 1 aromatic rings. The van der Waals surface area contributed by atoms with E-state index >= 15 is 0 Å². The summed E-state index contributed by atoms with van der Waals surface area (Å²) in [7, 11) is 0. The molecule has 1 aliphatic rings. The second-order valence-corrected chi connectivity index (χ2v) is 5.37. The van der Waals surface area contributed by atoms with E-state index in [9.17, 15) is 19.1 Å². The molecule has 2 amide bonds. The first-order chi connectivity index (χ1) is 9.38. The van der Waals surface area contributed by atoms with Crippen LogP contribution in [0.1, 0.15) is 6.42 Å². The normalized spacial score (nSPS) is 21.9. The number of urea groups is 1. The molecule has 2 rings (SSSR count). The fourth-order valence-corrected chi connectivity index (χ4v) is 2.41. The topological polar surface area (TPSA) is 89.9 Å². The molecule has 0 spiro atoms. The number of carboxylic acid groups (broad SMARTS) is 1. The predicted molar refractivity (Wildman–Crippen MR) is 71.9 cm³/mol. The third kappa shape index (κ3) is 3.07. The van der Waals surface area contributed by atoms with Crippen molar-refractivity contribution >= 4 is 33.6 Å². The molecule has 1 aromatic carbocycles. The van der Waals surface area contributed by atoms with Gasteiger partial charge in [-0.1, -0.05) is 15.9 Å². The van der Waals surface area contributed by atoms with Crippen LogP contribution in [0.2, 0.25) is 0 Å². The number of aliphatic hydroxyl groups excluding tert-OH is 1. The van der Waals surface area contributed by atoms with Crippen molar-refractivity contribution in [2.45, 2.75) is 18.6 Å². The number of aliphatic hydroxyl groups is 1. The molecule has 1 fully saturated rings. The van der Waals surface area contributed by atoms with Crippen molar-refractivity contribution in [2.24, 2.45) is 0 Å². The van der Waals surface area contributed by atoms with E-state index in [1.807, 2.05) is 0 Å². The molecule has 2 atom stereocenters. The number of amides is 2. The van der Waals surface area contributed by atoms with Gasteiger partial charge in [0.2, 0.25) is 0 Å². The summed E-state index contributed by atoms with van der Waals surface area (Å²) in [6.07, 6.45) is -0.932. The summed E-state index contributed by atoms with van der Waals surface area (Å²) in [5.41, 5.74) is -0.0603. The first kappa shape index (κ1) is 14.7. The summed E-state index contributed by atoms with van der Waals surface area (Å²) in [6, 6.07) is 2.15. The number of carbonyl (C=O) groups excluding carboxylic acids is 1. The Bertz CT molecular complexity index is 554. The van der Waals surface area contributed by atoms with Crippen LogP contribution < -0.4 is 5.32 Å². The van der Waals surface area contributed by atoms with Crippen molar-refractivity contribution in [3.63, 3.8) is 0 Å². The number of rotatable bonds is 2. The lowest BCUT2D eigenvalue weighted by atomic mass is 10.2. The number of β-amino-alcohol motifs (C(OH)–C–C–N with tert-alkyl or cyclic N) is 1. The average Bonchev–Trinajstić information content (AvgIpc) is 2.76. The smallest absolute Gasteiger partial charge is 0.326 e. The van der Waals surface area contributed by atoms with Gasteiger partial charge in [0, 0.05) is 17.4 Å². The van der Waals surface area contributed by atoms with E-state index in [-0.39, 0.29) is 18.7 Å². The number of halogens is 2. The van der Waals surface area contributed by atoms with Crippen molar-refractivity contribution in [1.82, 2.24) is 4.90 Å². The van der Waals surface area contributed by atoms with Crippen LogP contribution in [0.3, 0.4) is 0 Å². The monoisotopic (exact) mass is 346 g/mol. The molecular weight excluding hydrogens is 335 g/mol. The molecule has 0 bridgehead atoms. The Morgan fingerprint density at radius 3 is 2.80 bits per heavy atom. The Balaban J connectivity index is 2.15. The van der Waals surface area contributed by atoms with Crippen molar-refractivity contribution in [3.8, 4) is 0 Å². The molecule has 0 saturated carbocycles. The molecule has 1 saturated heterocycles. The summed E-state index contributed by atoms with van der Waals surface area (Å²) in [4.78, 5) is 24.0. The van der Waals surface area contributed by atoms with Crippen molar-refractivity contribution in [3.05, 3.63) is 28.5 Å². The van der Waals surface area contributed by atoms with Gasteiger partial charge >= 0.3 is 12.0 Å². The Kier molecular flexibility index (Phi) is 4.24. The maximum absolute atomic E-state index is 13.5. The van der Waals surface area contributed by atoms with Gasteiger partial charge in [0.05, 0.1) is 11.8 Å². The van der Waals surface area contributed by atoms with Crippen molar-refractivity contribution in [2.75, 3.05) is 11.9 Å². The Hall–Kier alpha value is -1.67. The number of nitrogens with one attached hydrogen (secondary N) is 1. The molecule has 0 aliphatic carbocycles. The standard InChI is InChI=1S/C12H12BrFN2O4/c13-6-1-2-8(14)9(3-6)15-12(20)16-5-7(17)4-10(16)11(18)19/h1-3,7,10,17H,4-5H2,(H,15,20)(H,18,19)/t7-,10+/m1/s1. The van der Waals surface area contributed by atoms with Crippen LogP contribution in [0.25, 0.3) is 0 Å². The van der Waals surface area contributed by atoms with E-state index in [0.29, 0.717) is 4.47 Å². The number of anilines is 1. The zero-order valence-electron chi connectivity index (χ0n) is 10.2. The van der Waals surface area contributed by atoms with Crippen LogP contribution in [0.5, 0.6) is 0 Å². The van der Waals surface area contributed by atoms with Gasteiger partial charge < -0.3 is 20.4 Å². The zero-order valence-corrected chi connectivity index (χ0v) is 11.8. The molecule has 0 radical (unpaired) electrons. The summed E-state index contributed by atoms with van der Waals surface area (Å²) in [5, 5.41) is 20.8. The van der Waals surface area contributed by atoms with Gasteiger partial charge in [-0.15, -0.1) is 0 Å². The molecule has 1 aliphatic heterocycles. The van der Waals surface area contributed by atoms with E-state index < -0.39 is 30.0 Å². The van der Waals surface area contributed by atoms with Gasteiger partial charge in [-0.05, 0) is 18.2 Å². The Morgan fingerprint density at radius 2 is 2.15 bits per heavy atom. The molecule has 0 aromatic heterocycles. The maximum atomic E-state index is 13.5. The van der Waals surface area contributed by atoms with E-state index in [1.165, 1.54) is 18.2 Å². The average molecular weight is 347 g/mol. The SMILES string of the molecule is O=C(O)[C@@H]1C[C@@H](O)CN1C(=O)Nc1cc(Br)ccc1F.